The van der Waals surface area contributed by atoms with Gasteiger partial charge in [0.1, 0.15) is 5.82 Å². The van der Waals surface area contributed by atoms with Gasteiger partial charge in [0.05, 0.1) is 10.6 Å². The lowest BCUT2D eigenvalue weighted by molar-refractivity contribution is 0.581. The van der Waals surface area contributed by atoms with Crippen LogP contribution in [0, 0.1) is 0 Å². The molecule has 6 heteroatoms. The summed E-state index contributed by atoms with van der Waals surface area (Å²) < 4.78 is 25.9. The number of hydrogen-bond acceptors (Lipinski definition) is 4. The molecule has 106 valence electrons. The molecule has 0 atom stereocenters. The summed E-state index contributed by atoms with van der Waals surface area (Å²) >= 11 is 0. The Kier molecular flexibility index (Phi) is 3.23. The summed E-state index contributed by atoms with van der Waals surface area (Å²) in [6.07, 6.45) is 0. The molecule has 0 radical (unpaired) electrons. The van der Waals surface area contributed by atoms with Crippen LogP contribution in [0.4, 0.5) is 5.82 Å². The van der Waals surface area contributed by atoms with Crippen molar-refractivity contribution in [1.82, 2.24) is 9.19 Å². The number of nitrogen functional groups attached to an aromatic ring is 1. The smallest absolute Gasteiger partial charge is 0.284 e. The van der Waals surface area contributed by atoms with Gasteiger partial charge < -0.3 is 5.73 Å². The van der Waals surface area contributed by atoms with E-state index in [1.54, 1.807) is 24.3 Å². The predicted molar refractivity (Wildman–Crippen MR) is 81.1 cm³/mol. The highest BCUT2D eigenvalue weighted by Crippen LogP contribution is 2.23. The summed E-state index contributed by atoms with van der Waals surface area (Å²) in [5.74, 6) is 0.0812. The van der Waals surface area contributed by atoms with Crippen molar-refractivity contribution in [1.29, 1.82) is 0 Å². The molecular formula is C15H13N3O2S. The van der Waals surface area contributed by atoms with Gasteiger partial charge in [0.2, 0.25) is 0 Å². The van der Waals surface area contributed by atoms with Crippen LogP contribution in [0.1, 0.15) is 0 Å². The van der Waals surface area contributed by atoms with Gasteiger partial charge in [-0.1, -0.05) is 48.5 Å². The molecule has 3 rings (SSSR count). The predicted octanol–water partition coefficient (Wildman–Crippen LogP) is 2.37. The lowest BCUT2D eigenvalue weighted by Crippen LogP contribution is -2.16. The van der Waals surface area contributed by atoms with Gasteiger partial charge in [-0.05, 0) is 12.1 Å². The fourth-order valence-corrected chi connectivity index (χ4v) is 3.24. The maximum atomic E-state index is 12.5. The van der Waals surface area contributed by atoms with E-state index in [1.165, 1.54) is 12.1 Å². The molecule has 1 aromatic heterocycles. The Bertz CT molecular complexity index is 856. The molecule has 0 aliphatic rings. The Morgan fingerprint density at radius 1 is 0.905 bits per heavy atom. The van der Waals surface area contributed by atoms with Crippen LogP contribution in [-0.4, -0.2) is 17.6 Å². The van der Waals surface area contributed by atoms with Crippen molar-refractivity contribution in [2.75, 3.05) is 5.73 Å². The van der Waals surface area contributed by atoms with E-state index in [0.29, 0.717) is 5.69 Å². The summed E-state index contributed by atoms with van der Waals surface area (Å²) in [6.45, 7) is 0. The number of aromatic nitrogens is 2. The van der Waals surface area contributed by atoms with Crippen LogP contribution in [0.25, 0.3) is 11.3 Å². The molecule has 5 nitrogen and oxygen atoms in total. The van der Waals surface area contributed by atoms with E-state index in [-0.39, 0.29) is 10.7 Å². The molecule has 3 aromatic rings. The minimum Gasteiger partial charge on any atom is -0.383 e. The Morgan fingerprint density at radius 2 is 1.48 bits per heavy atom. The number of nitrogens with zero attached hydrogens (tertiary/aromatic N) is 2. The molecule has 0 fully saturated rings. The van der Waals surface area contributed by atoms with Crippen molar-refractivity contribution in [3.8, 4) is 11.3 Å². The molecule has 2 aromatic carbocycles. The number of anilines is 1. The fourth-order valence-electron chi connectivity index (χ4n) is 2.01. The molecule has 2 N–H and O–H groups in total. The highest BCUT2D eigenvalue weighted by molar-refractivity contribution is 7.90. The zero-order valence-electron chi connectivity index (χ0n) is 11.0. The number of hydrogen-bond donors (Lipinski definition) is 1. The van der Waals surface area contributed by atoms with E-state index in [2.05, 4.69) is 5.10 Å². The topological polar surface area (TPSA) is 78.0 Å². The zero-order valence-corrected chi connectivity index (χ0v) is 11.9. The molecule has 0 bridgehead atoms. The molecule has 0 aliphatic heterocycles. The van der Waals surface area contributed by atoms with Crippen LogP contribution in [0.3, 0.4) is 0 Å². The van der Waals surface area contributed by atoms with E-state index >= 15 is 0 Å². The van der Waals surface area contributed by atoms with Gasteiger partial charge in [-0.3, -0.25) is 0 Å². The second kappa shape index (κ2) is 5.06. The van der Waals surface area contributed by atoms with Crippen molar-refractivity contribution in [3.63, 3.8) is 0 Å². The number of nitrogens with two attached hydrogens (primary N) is 1. The molecule has 0 amide bonds. The fraction of sp³-hybridized carbons (Fsp3) is 0. The summed E-state index contributed by atoms with van der Waals surface area (Å²) in [6, 6.07) is 18.9. The minimum absolute atomic E-state index is 0.0812. The highest BCUT2D eigenvalue weighted by Gasteiger charge is 2.21. The van der Waals surface area contributed by atoms with Crippen LogP contribution >= 0.6 is 0 Å². The molecule has 0 saturated carbocycles. The van der Waals surface area contributed by atoms with Gasteiger partial charge in [-0.2, -0.15) is 13.5 Å². The van der Waals surface area contributed by atoms with Crippen molar-refractivity contribution >= 4 is 15.8 Å². The van der Waals surface area contributed by atoms with Crippen molar-refractivity contribution in [2.45, 2.75) is 4.90 Å². The van der Waals surface area contributed by atoms with Gasteiger partial charge in [-0.15, -0.1) is 4.09 Å². The van der Waals surface area contributed by atoms with E-state index < -0.39 is 10.0 Å². The second-order valence-electron chi connectivity index (χ2n) is 4.48. The first-order chi connectivity index (χ1) is 10.1. The normalized spacial score (nSPS) is 11.4. The summed E-state index contributed by atoms with van der Waals surface area (Å²) in [5.41, 5.74) is 7.16. The first kappa shape index (κ1) is 13.4. The maximum Gasteiger partial charge on any atom is 0.284 e. The van der Waals surface area contributed by atoms with Crippen molar-refractivity contribution in [3.05, 3.63) is 66.7 Å². The minimum atomic E-state index is -3.78. The largest absolute Gasteiger partial charge is 0.383 e. The molecule has 0 unspecified atom stereocenters. The van der Waals surface area contributed by atoms with Gasteiger partial charge in [0.25, 0.3) is 10.0 Å². The quantitative estimate of drug-likeness (QED) is 0.805. The van der Waals surface area contributed by atoms with E-state index in [0.717, 1.165) is 9.65 Å². The monoisotopic (exact) mass is 299 g/mol. The van der Waals surface area contributed by atoms with Gasteiger partial charge in [-0.25, -0.2) is 0 Å². The van der Waals surface area contributed by atoms with Crippen LogP contribution in [0.2, 0.25) is 0 Å². The van der Waals surface area contributed by atoms with Crippen LogP contribution < -0.4 is 5.73 Å². The third-order valence-corrected chi connectivity index (χ3v) is 4.66. The van der Waals surface area contributed by atoms with Crippen molar-refractivity contribution in [2.24, 2.45) is 0 Å². The number of rotatable bonds is 3. The third kappa shape index (κ3) is 2.41. The molecular weight excluding hydrogens is 286 g/mol. The van der Waals surface area contributed by atoms with Crippen LogP contribution in [0.15, 0.2) is 71.6 Å². The Balaban J connectivity index is 2.11. The standard InChI is InChI=1S/C15H13N3O2S/c16-15-11-14(12-7-3-1-4-8-12)17-18(15)21(19,20)13-9-5-2-6-10-13/h1-11H,16H2. The lowest BCUT2D eigenvalue weighted by Gasteiger charge is -2.05. The zero-order chi connectivity index (χ0) is 14.9. The van der Waals surface area contributed by atoms with Crippen LogP contribution in [0.5, 0.6) is 0 Å². The lowest BCUT2D eigenvalue weighted by atomic mass is 10.2. The highest BCUT2D eigenvalue weighted by atomic mass is 32.2. The Morgan fingerprint density at radius 3 is 2.10 bits per heavy atom. The molecule has 0 spiro atoms. The average Bonchev–Trinajstić information content (AvgIpc) is 2.92. The summed E-state index contributed by atoms with van der Waals surface area (Å²) in [4.78, 5) is 0.152. The van der Waals surface area contributed by atoms with Gasteiger partial charge >= 0.3 is 0 Å². The van der Waals surface area contributed by atoms with Gasteiger partial charge in [0.15, 0.2) is 0 Å². The molecule has 21 heavy (non-hydrogen) atoms. The van der Waals surface area contributed by atoms with Crippen LogP contribution in [-0.2, 0) is 10.0 Å². The number of benzene rings is 2. The van der Waals surface area contributed by atoms with E-state index in [1.807, 2.05) is 30.3 Å². The average molecular weight is 299 g/mol. The Labute approximate surface area is 122 Å². The van der Waals surface area contributed by atoms with E-state index in [4.69, 9.17) is 5.73 Å². The SMILES string of the molecule is Nc1cc(-c2ccccc2)nn1S(=O)(=O)c1ccccc1. The second-order valence-corrected chi connectivity index (χ2v) is 6.25. The summed E-state index contributed by atoms with van der Waals surface area (Å²) in [7, 11) is -3.78. The Hall–Kier alpha value is -2.60. The molecule has 1 heterocycles. The molecule has 0 aliphatic carbocycles. The molecule has 0 saturated heterocycles. The third-order valence-electron chi connectivity index (χ3n) is 3.04. The summed E-state index contributed by atoms with van der Waals surface area (Å²) in [5, 5.41) is 4.13. The van der Waals surface area contributed by atoms with E-state index in [9.17, 15) is 8.42 Å². The first-order valence-corrected chi connectivity index (χ1v) is 7.74. The first-order valence-electron chi connectivity index (χ1n) is 6.30. The van der Waals surface area contributed by atoms with Crippen molar-refractivity contribution < 1.29 is 8.42 Å². The van der Waals surface area contributed by atoms with Gasteiger partial charge in [0, 0.05) is 11.6 Å². The maximum absolute atomic E-state index is 12.5.